The quantitative estimate of drug-likeness (QED) is 0.634. The number of amides is 2. The van der Waals surface area contributed by atoms with Gasteiger partial charge >= 0.3 is 6.03 Å². The Labute approximate surface area is 185 Å². The number of halogens is 2. The van der Waals surface area contributed by atoms with Crippen molar-refractivity contribution in [1.29, 1.82) is 0 Å². The molecule has 9 nitrogen and oxygen atoms in total. The number of ether oxygens (including phenoxy) is 1. The van der Waals surface area contributed by atoms with E-state index in [-0.39, 0.29) is 18.7 Å². The van der Waals surface area contributed by atoms with Crippen molar-refractivity contribution in [2.45, 2.75) is 38.6 Å². The molecular weight excluding hydrogens is 429 g/mol. The van der Waals surface area contributed by atoms with E-state index in [0.29, 0.717) is 34.9 Å². The smallest absolute Gasteiger partial charge is 0.315 e. The van der Waals surface area contributed by atoms with Gasteiger partial charge in [-0.15, -0.1) is 10.2 Å². The summed E-state index contributed by atoms with van der Waals surface area (Å²) in [6.45, 7) is 4.38. The first-order valence-corrected chi connectivity index (χ1v) is 10.9. The minimum Gasteiger partial charge on any atom is -0.374 e. The number of urea groups is 1. The number of carbonyl (C=O) groups excluding carboxylic acids is 1. The van der Waals surface area contributed by atoms with E-state index in [1.165, 1.54) is 12.8 Å². The summed E-state index contributed by atoms with van der Waals surface area (Å²) < 4.78 is 5.78. The molecule has 2 aromatic rings. The first kappa shape index (κ1) is 21.3. The van der Waals surface area contributed by atoms with E-state index >= 15 is 0 Å². The lowest BCUT2D eigenvalue weighted by molar-refractivity contribution is -0.0287. The Morgan fingerprint density at radius 2 is 2.10 bits per heavy atom. The number of rotatable bonds is 8. The zero-order valence-electron chi connectivity index (χ0n) is 16.6. The van der Waals surface area contributed by atoms with Gasteiger partial charge in [-0.25, -0.2) is 4.79 Å². The average Bonchev–Trinajstić information content (AvgIpc) is 3.44. The lowest BCUT2D eigenvalue weighted by Gasteiger charge is -2.33. The Bertz CT molecular complexity index is 874. The molecule has 1 saturated heterocycles. The van der Waals surface area contributed by atoms with Crippen LogP contribution in [0.3, 0.4) is 0 Å². The van der Waals surface area contributed by atoms with Gasteiger partial charge in [0.05, 0.1) is 35.8 Å². The van der Waals surface area contributed by atoms with Gasteiger partial charge < -0.3 is 15.4 Å². The van der Waals surface area contributed by atoms with Crippen LogP contribution in [0.5, 0.6) is 0 Å². The van der Waals surface area contributed by atoms with Gasteiger partial charge in [-0.2, -0.15) is 4.80 Å². The first-order valence-electron chi connectivity index (χ1n) is 10.1. The molecule has 2 N–H and O–H groups in total. The van der Waals surface area contributed by atoms with Crippen molar-refractivity contribution in [3.8, 4) is 0 Å². The molecular formula is C19H25Cl2N7O2. The number of tetrazole rings is 1. The number of carbonyl (C=O) groups is 1. The molecule has 0 radical (unpaired) electrons. The molecule has 1 saturated carbocycles. The van der Waals surface area contributed by atoms with Gasteiger partial charge in [0.1, 0.15) is 0 Å². The van der Waals surface area contributed by atoms with Crippen LogP contribution in [0.25, 0.3) is 0 Å². The largest absolute Gasteiger partial charge is 0.374 e. The van der Waals surface area contributed by atoms with Gasteiger partial charge in [0.15, 0.2) is 5.82 Å². The molecule has 2 fully saturated rings. The number of nitrogens with zero attached hydrogens (tertiary/aromatic N) is 5. The highest BCUT2D eigenvalue weighted by Gasteiger charge is 2.23. The number of hydrogen-bond acceptors (Lipinski definition) is 6. The molecule has 0 unspecified atom stereocenters. The first-order chi connectivity index (χ1) is 14.5. The maximum Gasteiger partial charge on any atom is 0.315 e. The van der Waals surface area contributed by atoms with Gasteiger partial charge in [-0.05, 0) is 41.7 Å². The van der Waals surface area contributed by atoms with Crippen LogP contribution < -0.4 is 10.6 Å². The molecule has 4 rings (SSSR count). The van der Waals surface area contributed by atoms with Crippen molar-refractivity contribution in [3.05, 3.63) is 39.6 Å². The maximum atomic E-state index is 12.1. The topological polar surface area (TPSA) is 97.2 Å². The SMILES string of the molecule is O=C(NCc1nnn(CC2CC2)n1)NC[C@H]1CN(Cc2ccc(Cl)c(Cl)c2)CCO1. The highest BCUT2D eigenvalue weighted by Crippen LogP contribution is 2.29. The molecule has 1 aliphatic heterocycles. The van der Waals surface area contributed by atoms with Crippen molar-refractivity contribution in [3.63, 3.8) is 0 Å². The summed E-state index contributed by atoms with van der Waals surface area (Å²) in [5.41, 5.74) is 1.10. The van der Waals surface area contributed by atoms with Crippen molar-refractivity contribution in [2.75, 3.05) is 26.2 Å². The third-order valence-electron chi connectivity index (χ3n) is 5.12. The van der Waals surface area contributed by atoms with E-state index in [0.717, 1.165) is 31.7 Å². The summed E-state index contributed by atoms with van der Waals surface area (Å²) in [5, 5.41) is 19.0. The van der Waals surface area contributed by atoms with Gasteiger partial charge in [-0.3, -0.25) is 4.90 Å². The molecule has 30 heavy (non-hydrogen) atoms. The standard InChI is InChI=1S/C19H25Cl2N7O2/c20-16-4-3-14(7-17(16)21)10-27-5-6-30-15(12-27)8-22-19(29)23-9-18-24-26-28(25-18)11-13-1-2-13/h3-4,7,13,15H,1-2,5-6,8-12H2,(H2,22,23,29)/t15-/m0/s1. The molecule has 11 heteroatoms. The number of morpholine rings is 1. The summed E-state index contributed by atoms with van der Waals surface area (Å²) >= 11 is 12.1. The summed E-state index contributed by atoms with van der Waals surface area (Å²) in [6.07, 6.45) is 2.38. The monoisotopic (exact) mass is 453 g/mol. The third-order valence-corrected chi connectivity index (χ3v) is 5.86. The zero-order valence-corrected chi connectivity index (χ0v) is 18.1. The fourth-order valence-corrected chi connectivity index (χ4v) is 3.65. The van der Waals surface area contributed by atoms with Crippen molar-refractivity contribution in [2.24, 2.45) is 5.92 Å². The van der Waals surface area contributed by atoms with E-state index in [1.54, 1.807) is 4.80 Å². The predicted molar refractivity (Wildman–Crippen MR) is 112 cm³/mol. The summed E-state index contributed by atoms with van der Waals surface area (Å²) in [5.74, 6) is 1.18. The molecule has 0 bridgehead atoms. The fraction of sp³-hybridized carbons (Fsp3) is 0.579. The molecule has 2 aliphatic rings. The lowest BCUT2D eigenvalue weighted by Crippen LogP contribution is -2.48. The fourth-order valence-electron chi connectivity index (χ4n) is 3.33. The van der Waals surface area contributed by atoms with Crippen LogP contribution >= 0.6 is 23.2 Å². The predicted octanol–water partition coefficient (Wildman–Crippen LogP) is 2.09. The van der Waals surface area contributed by atoms with Gasteiger partial charge in [0, 0.05) is 26.2 Å². The van der Waals surface area contributed by atoms with Crippen molar-refractivity contribution < 1.29 is 9.53 Å². The molecule has 162 valence electrons. The van der Waals surface area contributed by atoms with Crippen LogP contribution in [0.1, 0.15) is 24.2 Å². The van der Waals surface area contributed by atoms with Gasteiger partial charge in [-0.1, -0.05) is 29.3 Å². The third kappa shape index (κ3) is 6.28. The highest BCUT2D eigenvalue weighted by molar-refractivity contribution is 6.42. The van der Waals surface area contributed by atoms with E-state index in [2.05, 4.69) is 30.9 Å². The summed E-state index contributed by atoms with van der Waals surface area (Å²) in [4.78, 5) is 16.0. The molecule has 1 aromatic heterocycles. The van der Waals surface area contributed by atoms with E-state index in [9.17, 15) is 4.79 Å². The van der Waals surface area contributed by atoms with E-state index in [1.807, 2.05) is 18.2 Å². The van der Waals surface area contributed by atoms with Crippen molar-refractivity contribution in [1.82, 2.24) is 35.7 Å². The summed E-state index contributed by atoms with van der Waals surface area (Å²) in [7, 11) is 0. The number of aromatic nitrogens is 4. The average molecular weight is 454 g/mol. The Kier molecular flexibility index (Phi) is 7.04. The van der Waals surface area contributed by atoms with Crippen molar-refractivity contribution >= 4 is 29.2 Å². The van der Waals surface area contributed by atoms with Crippen LogP contribution in [0.2, 0.25) is 10.0 Å². The number of hydrogen-bond donors (Lipinski definition) is 2. The number of nitrogens with one attached hydrogen (secondary N) is 2. The minimum atomic E-state index is -0.279. The normalized spacial score (nSPS) is 19.6. The van der Waals surface area contributed by atoms with Crippen LogP contribution in [0, 0.1) is 5.92 Å². The molecule has 1 aromatic carbocycles. The maximum absolute atomic E-state index is 12.1. The Balaban J connectivity index is 1.17. The molecule has 2 amide bonds. The second-order valence-electron chi connectivity index (χ2n) is 7.74. The minimum absolute atomic E-state index is 0.0789. The Morgan fingerprint density at radius 1 is 1.23 bits per heavy atom. The van der Waals surface area contributed by atoms with Gasteiger partial charge in [0.25, 0.3) is 0 Å². The van der Waals surface area contributed by atoms with Crippen LogP contribution in [-0.4, -0.2) is 63.5 Å². The Hall–Kier alpha value is -1.94. The Morgan fingerprint density at radius 3 is 2.90 bits per heavy atom. The van der Waals surface area contributed by atoms with Crippen LogP contribution in [-0.2, 0) is 24.4 Å². The number of benzene rings is 1. The van der Waals surface area contributed by atoms with E-state index < -0.39 is 0 Å². The highest BCUT2D eigenvalue weighted by atomic mass is 35.5. The van der Waals surface area contributed by atoms with E-state index in [4.69, 9.17) is 27.9 Å². The second-order valence-corrected chi connectivity index (χ2v) is 8.56. The lowest BCUT2D eigenvalue weighted by atomic mass is 10.2. The molecule has 1 aliphatic carbocycles. The van der Waals surface area contributed by atoms with Gasteiger partial charge in [0.2, 0.25) is 0 Å². The molecule has 0 spiro atoms. The zero-order chi connectivity index (χ0) is 20.9. The summed E-state index contributed by atoms with van der Waals surface area (Å²) in [6, 6.07) is 5.38. The molecule has 1 atom stereocenters. The second kappa shape index (κ2) is 9.91. The van der Waals surface area contributed by atoms with Crippen LogP contribution in [0.15, 0.2) is 18.2 Å². The van der Waals surface area contributed by atoms with Crippen LogP contribution in [0.4, 0.5) is 4.79 Å². The molecule has 2 heterocycles.